The summed E-state index contributed by atoms with van der Waals surface area (Å²) in [6.07, 6.45) is 2.07. The topological polar surface area (TPSA) is 26.3 Å². The van der Waals surface area contributed by atoms with E-state index in [0.29, 0.717) is 17.7 Å². The number of esters is 1. The molecule has 0 saturated heterocycles. The lowest BCUT2D eigenvalue weighted by Crippen LogP contribution is -2.09. The van der Waals surface area contributed by atoms with E-state index >= 15 is 0 Å². The smallest absolute Gasteiger partial charge is 0.339 e. The third kappa shape index (κ3) is 2.90. The minimum atomic E-state index is -0.406. The molecule has 0 heterocycles. The molecule has 14 heavy (non-hydrogen) atoms. The summed E-state index contributed by atoms with van der Waals surface area (Å²) in [5.41, 5.74) is 0.406. The van der Waals surface area contributed by atoms with E-state index in [1.807, 2.05) is 6.07 Å². The predicted octanol–water partition coefficient (Wildman–Crippen LogP) is 2.72. The zero-order chi connectivity index (χ0) is 10.4. The van der Waals surface area contributed by atoms with Crippen LogP contribution < -0.4 is 4.74 Å². The molecule has 0 amide bonds. The van der Waals surface area contributed by atoms with Gasteiger partial charge in [0.25, 0.3) is 0 Å². The van der Waals surface area contributed by atoms with Gasteiger partial charge in [-0.05, 0) is 18.6 Å². The van der Waals surface area contributed by atoms with Gasteiger partial charge in [-0.3, -0.25) is 0 Å². The summed E-state index contributed by atoms with van der Waals surface area (Å²) < 4.78 is 5.04. The third-order valence-electron chi connectivity index (χ3n) is 1.63. The first kappa shape index (κ1) is 10.3. The second-order valence-electron chi connectivity index (χ2n) is 2.80. The molecular formula is C12H12O2. The van der Waals surface area contributed by atoms with Gasteiger partial charge in [-0.1, -0.05) is 30.9 Å². The number of allylic oxidation sites excluding steroid dienone is 1. The highest BCUT2D eigenvalue weighted by molar-refractivity contribution is 5.89. The van der Waals surface area contributed by atoms with Gasteiger partial charge in [-0.15, -0.1) is 6.58 Å². The van der Waals surface area contributed by atoms with Crippen molar-refractivity contribution in [3.8, 4) is 5.75 Å². The maximum absolute atomic E-state index is 11.3. The summed E-state index contributed by atoms with van der Waals surface area (Å²) in [4.78, 5) is 11.3. The molecule has 0 bridgehead atoms. The van der Waals surface area contributed by atoms with Crippen LogP contribution in [0.5, 0.6) is 5.75 Å². The SMILES string of the molecule is C=CCC(=C)C(=O)Oc1ccccc1. The van der Waals surface area contributed by atoms with Crippen LogP contribution in [0.25, 0.3) is 0 Å². The summed E-state index contributed by atoms with van der Waals surface area (Å²) in [6, 6.07) is 8.91. The fourth-order valence-corrected chi connectivity index (χ4v) is 0.925. The summed E-state index contributed by atoms with van der Waals surface area (Å²) >= 11 is 0. The molecule has 0 aromatic heterocycles. The second-order valence-corrected chi connectivity index (χ2v) is 2.80. The predicted molar refractivity (Wildman–Crippen MR) is 56.0 cm³/mol. The van der Waals surface area contributed by atoms with E-state index in [9.17, 15) is 4.79 Å². The van der Waals surface area contributed by atoms with Crippen molar-refractivity contribution >= 4 is 5.97 Å². The Labute approximate surface area is 83.5 Å². The van der Waals surface area contributed by atoms with Gasteiger partial charge in [0, 0.05) is 5.57 Å². The van der Waals surface area contributed by atoms with Crippen molar-refractivity contribution in [2.45, 2.75) is 6.42 Å². The summed E-state index contributed by atoms with van der Waals surface area (Å²) in [6.45, 7) is 7.12. The Hall–Kier alpha value is -1.83. The zero-order valence-corrected chi connectivity index (χ0v) is 7.90. The standard InChI is InChI=1S/C12H12O2/c1-3-7-10(2)12(13)14-11-8-5-4-6-9-11/h3-6,8-9H,1-2,7H2. The van der Waals surface area contributed by atoms with Crippen LogP contribution >= 0.6 is 0 Å². The molecule has 0 N–H and O–H groups in total. The molecule has 72 valence electrons. The molecular weight excluding hydrogens is 176 g/mol. The molecule has 0 aliphatic carbocycles. The molecule has 2 nitrogen and oxygen atoms in total. The van der Waals surface area contributed by atoms with Crippen LogP contribution in [-0.2, 0) is 4.79 Å². The Balaban J connectivity index is 2.57. The average molecular weight is 188 g/mol. The second kappa shape index (κ2) is 5.02. The van der Waals surface area contributed by atoms with Gasteiger partial charge in [-0.25, -0.2) is 4.79 Å². The lowest BCUT2D eigenvalue weighted by molar-refractivity contribution is -0.130. The van der Waals surface area contributed by atoms with E-state index in [1.165, 1.54) is 0 Å². The minimum absolute atomic E-state index is 0.406. The van der Waals surface area contributed by atoms with Crippen LogP contribution in [0.15, 0.2) is 55.1 Å². The molecule has 1 aromatic rings. The summed E-state index contributed by atoms with van der Waals surface area (Å²) in [5.74, 6) is 0.124. The molecule has 0 saturated carbocycles. The van der Waals surface area contributed by atoms with E-state index in [1.54, 1.807) is 30.3 Å². The van der Waals surface area contributed by atoms with E-state index in [-0.39, 0.29) is 0 Å². The van der Waals surface area contributed by atoms with Crippen LogP contribution in [0.1, 0.15) is 6.42 Å². The molecule has 0 aliphatic rings. The highest BCUT2D eigenvalue weighted by Crippen LogP contribution is 2.11. The quantitative estimate of drug-likeness (QED) is 0.314. The van der Waals surface area contributed by atoms with E-state index in [4.69, 9.17) is 4.74 Å². The van der Waals surface area contributed by atoms with Gasteiger partial charge in [0.05, 0.1) is 0 Å². The number of hydrogen-bond acceptors (Lipinski definition) is 2. The number of hydrogen-bond donors (Lipinski definition) is 0. The van der Waals surface area contributed by atoms with Crippen molar-refractivity contribution < 1.29 is 9.53 Å². The van der Waals surface area contributed by atoms with Gasteiger partial charge in [-0.2, -0.15) is 0 Å². The van der Waals surface area contributed by atoms with Crippen molar-refractivity contribution in [3.63, 3.8) is 0 Å². The first-order valence-corrected chi connectivity index (χ1v) is 4.30. The molecule has 1 aromatic carbocycles. The first-order valence-electron chi connectivity index (χ1n) is 4.30. The Morgan fingerprint density at radius 1 is 1.36 bits per heavy atom. The highest BCUT2D eigenvalue weighted by atomic mass is 16.5. The lowest BCUT2D eigenvalue weighted by Gasteiger charge is -2.03. The normalized spacial score (nSPS) is 9.14. The Morgan fingerprint density at radius 2 is 2.00 bits per heavy atom. The number of ether oxygens (including phenoxy) is 1. The van der Waals surface area contributed by atoms with Crippen molar-refractivity contribution in [1.29, 1.82) is 0 Å². The molecule has 0 unspecified atom stereocenters. The van der Waals surface area contributed by atoms with Gasteiger partial charge in [0.15, 0.2) is 0 Å². The Bertz CT molecular complexity index is 339. The van der Waals surface area contributed by atoms with E-state index < -0.39 is 5.97 Å². The molecule has 0 atom stereocenters. The Kier molecular flexibility index (Phi) is 3.68. The number of para-hydroxylation sites is 1. The fraction of sp³-hybridized carbons (Fsp3) is 0.0833. The summed E-state index contributed by atoms with van der Waals surface area (Å²) in [7, 11) is 0. The van der Waals surface area contributed by atoms with Crippen LogP contribution in [-0.4, -0.2) is 5.97 Å². The third-order valence-corrected chi connectivity index (χ3v) is 1.63. The minimum Gasteiger partial charge on any atom is -0.423 e. The van der Waals surface area contributed by atoms with Crippen molar-refractivity contribution in [3.05, 3.63) is 55.1 Å². The number of carbonyl (C=O) groups excluding carboxylic acids is 1. The highest BCUT2D eigenvalue weighted by Gasteiger charge is 2.07. The number of carbonyl (C=O) groups is 1. The zero-order valence-electron chi connectivity index (χ0n) is 7.90. The first-order chi connectivity index (χ1) is 6.74. The van der Waals surface area contributed by atoms with Gasteiger partial charge in [0.1, 0.15) is 5.75 Å². The molecule has 2 heteroatoms. The van der Waals surface area contributed by atoms with E-state index in [2.05, 4.69) is 13.2 Å². The van der Waals surface area contributed by atoms with Gasteiger partial charge < -0.3 is 4.74 Å². The van der Waals surface area contributed by atoms with Gasteiger partial charge >= 0.3 is 5.97 Å². The van der Waals surface area contributed by atoms with Crippen molar-refractivity contribution in [2.24, 2.45) is 0 Å². The molecule has 1 rings (SSSR count). The largest absolute Gasteiger partial charge is 0.423 e. The molecule has 0 aliphatic heterocycles. The summed E-state index contributed by atoms with van der Waals surface area (Å²) in [5, 5.41) is 0. The van der Waals surface area contributed by atoms with Crippen LogP contribution in [0.3, 0.4) is 0 Å². The molecule has 0 radical (unpaired) electrons. The van der Waals surface area contributed by atoms with Crippen LogP contribution in [0.2, 0.25) is 0 Å². The average Bonchev–Trinajstić information content (AvgIpc) is 2.19. The van der Waals surface area contributed by atoms with Crippen LogP contribution in [0, 0.1) is 0 Å². The number of benzene rings is 1. The van der Waals surface area contributed by atoms with Gasteiger partial charge in [0.2, 0.25) is 0 Å². The van der Waals surface area contributed by atoms with Crippen molar-refractivity contribution in [2.75, 3.05) is 0 Å². The maximum Gasteiger partial charge on any atom is 0.339 e. The maximum atomic E-state index is 11.3. The monoisotopic (exact) mass is 188 g/mol. The Morgan fingerprint density at radius 3 is 2.57 bits per heavy atom. The fourth-order valence-electron chi connectivity index (χ4n) is 0.925. The van der Waals surface area contributed by atoms with E-state index in [0.717, 1.165) is 0 Å². The molecule has 0 spiro atoms. The van der Waals surface area contributed by atoms with Crippen molar-refractivity contribution in [1.82, 2.24) is 0 Å². The number of rotatable bonds is 4. The lowest BCUT2D eigenvalue weighted by atomic mass is 10.2. The molecule has 0 fully saturated rings. The van der Waals surface area contributed by atoms with Crippen LogP contribution in [0.4, 0.5) is 0 Å².